The highest BCUT2D eigenvalue weighted by atomic mass is 16.3. The molecule has 2 unspecified atom stereocenters. The lowest BCUT2D eigenvalue weighted by atomic mass is 10.1. The molecule has 114 valence electrons. The van der Waals surface area contributed by atoms with Crippen molar-refractivity contribution in [3.63, 3.8) is 0 Å². The summed E-state index contributed by atoms with van der Waals surface area (Å²) in [7, 11) is 2.22. The van der Waals surface area contributed by atoms with Gasteiger partial charge in [-0.1, -0.05) is 6.92 Å². The van der Waals surface area contributed by atoms with Crippen LogP contribution in [0.2, 0.25) is 0 Å². The van der Waals surface area contributed by atoms with Crippen LogP contribution >= 0.6 is 0 Å². The highest BCUT2D eigenvalue weighted by Crippen LogP contribution is 2.17. The second kappa shape index (κ2) is 7.25. The number of hydrogen-bond donors (Lipinski definition) is 1. The molecule has 0 spiro atoms. The maximum absolute atomic E-state index is 5.70. The van der Waals surface area contributed by atoms with E-state index >= 15 is 0 Å². The van der Waals surface area contributed by atoms with E-state index in [2.05, 4.69) is 49.0 Å². The van der Waals surface area contributed by atoms with Crippen LogP contribution in [0.4, 0.5) is 0 Å². The van der Waals surface area contributed by atoms with Crippen molar-refractivity contribution in [2.45, 2.75) is 52.4 Å². The van der Waals surface area contributed by atoms with Crippen molar-refractivity contribution in [2.75, 3.05) is 26.7 Å². The van der Waals surface area contributed by atoms with Crippen molar-refractivity contribution in [1.82, 2.24) is 15.1 Å². The molecule has 1 saturated heterocycles. The van der Waals surface area contributed by atoms with E-state index < -0.39 is 0 Å². The smallest absolute Gasteiger partial charge is 0.118 e. The Hall–Kier alpha value is -0.840. The van der Waals surface area contributed by atoms with Crippen LogP contribution in [0.25, 0.3) is 0 Å². The molecule has 1 aliphatic rings. The third kappa shape index (κ3) is 4.08. The maximum Gasteiger partial charge on any atom is 0.118 e. The SMILES string of the molecule is CCCNCc1coc(CN2CC(C)N(C)C(C)C2)c1. The predicted molar refractivity (Wildman–Crippen MR) is 82.7 cm³/mol. The average molecular weight is 279 g/mol. The van der Waals surface area contributed by atoms with Gasteiger partial charge in [0.2, 0.25) is 0 Å². The lowest BCUT2D eigenvalue weighted by Gasteiger charge is -2.42. The summed E-state index contributed by atoms with van der Waals surface area (Å²) < 4.78 is 5.70. The van der Waals surface area contributed by atoms with Gasteiger partial charge in [-0.25, -0.2) is 0 Å². The van der Waals surface area contributed by atoms with Gasteiger partial charge in [-0.3, -0.25) is 9.80 Å². The molecule has 1 fully saturated rings. The molecule has 1 aromatic heterocycles. The van der Waals surface area contributed by atoms with Crippen LogP contribution in [0.5, 0.6) is 0 Å². The van der Waals surface area contributed by atoms with E-state index in [1.54, 1.807) is 0 Å². The lowest BCUT2D eigenvalue weighted by Crippen LogP contribution is -2.54. The van der Waals surface area contributed by atoms with Gasteiger partial charge in [-0.15, -0.1) is 0 Å². The van der Waals surface area contributed by atoms with Crippen molar-refractivity contribution in [3.8, 4) is 0 Å². The minimum Gasteiger partial charge on any atom is -0.468 e. The fraction of sp³-hybridized carbons (Fsp3) is 0.750. The fourth-order valence-electron chi connectivity index (χ4n) is 2.87. The van der Waals surface area contributed by atoms with Gasteiger partial charge in [-0.05, 0) is 39.9 Å². The van der Waals surface area contributed by atoms with Gasteiger partial charge >= 0.3 is 0 Å². The molecule has 2 rings (SSSR count). The first-order valence-corrected chi connectivity index (χ1v) is 7.81. The first-order chi connectivity index (χ1) is 9.60. The van der Waals surface area contributed by atoms with E-state index in [0.29, 0.717) is 12.1 Å². The number of furan rings is 1. The molecule has 0 bridgehead atoms. The molecule has 4 nitrogen and oxygen atoms in total. The van der Waals surface area contributed by atoms with Gasteiger partial charge in [0.05, 0.1) is 12.8 Å². The summed E-state index contributed by atoms with van der Waals surface area (Å²) in [6.07, 6.45) is 3.06. The Kier molecular flexibility index (Phi) is 5.64. The van der Waals surface area contributed by atoms with Gasteiger partial charge in [0.25, 0.3) is 0 Å². The number of nitrogens with zero attached hydrogens (tertiary/aromatic N) is 2. The molecule has 1 N–H and O–H groups in total. The zero-order chi connectivity index (χ0) is 14.5. The quantitative estimate of drug-likeness (QED) is 0.810. The lowest BCUT2D eigenvalue weighted by molar-refractivity contribution is 0.0518. The second-order valence-electron chi connectivity index (χ2n) is 6.16. The third-order valence-electron chi connectivity index (χ3n) is 4.28. The van der Waals surface area contributed by atoms with Crippen molar-refractivity contribution in [2.24, 2.45) is 0 Å². The molecule has 0 amide bonds. The average Bonchev–Trinajstić information content (AvgIpc) is 2.84. The summed E-state index contributed by atoms with van der Waals surface area (Å²) in [5.74, 6) is 1.09. The fourth-order valence-corrected chi connectivity index (χ4v) is 2.87. The minimum absolute atomic E-state index is 0.611. The number of rotatable bonds is 6. The number of nitrogens with one attached hydrogen (secondary N) is 1. The monoisotopic (exact) mass is 279 g/mol. The minimum atomic E-state index is 0.611. The van der Waals surface area contributed by atoms with Crippen LogP contribution in [0.3, 0.4) is 0 Å². The number of hydrogen-bond acceptors (Lipinski definition) is 4. The Labute approximate surface area is 123 Å². The van der Waals surface area contributed by atoms with Crippen LogP contribution < -0.4 is 5.32 Å². The maximum atomic E-state index is 5.70. The summed E-state index contributed by atoms with van der Waals surface area (Å²) in [4.78, 5) is 4.95. The van der Waals surface area contributed by atoms with E-state index in [4.69, 9.17) is 4.42 Å². The topological polar surface area (TPSA) is 31.7 Å². The van der Waals surface area contributed by atoms with Gasteiger partial charge in [0, 0.05) is 37.3 Å². The number of piperazine rings is 1. The predicted octanol–water partition coefficient (Wildman–Crippen LogP) is 2.30. The van der Waals surface area contributed by atoms with Crippen LogP contribution in [0, 0.1) is 0 Å². The molecule has 1 aromatic rings. The molecular weight excluding hydrogens is 250 g/mol. The summed E-state index contributed by atoms with van der Waals surface area (Å²) in [5, 5.41) is 3.41. The van der Waals surface area contributed by atoms with Crippen LogP contribution in [0.1, 0.15) is 38.5 Å². The molecule has 0 radical (unpaired) electrons. The molecule has 0 aliphatic carbocycles. The molecule has 2 heterocycles. The van der Waals surface area contributed by atoms with Crippen molar-refractivity contribution in [1.29, 1.82) is 0 Å². The summed E-state index contributed by atoms with van der Waals surface area (Å²) in [5.41, 5.74) is 1.25. The van der Waals surface area contributed by atoms with E-state index in [9.17, 15) is 0 Å². The second-order valence-corrected chi connectivity index (χ2v) is 6.16. The van der Waals surface area contributed by atoms with Crippen LogP contribution in [-0.4, -0.2) is 48.6 Å². The Morgan fingerprint density at radius 2 is 2.00 bits per heavy atom. The highest BCUT2D eigenvalue weighted by Gasteiger charge is 2.26. The van der Waals surface area contributed by atoms with Gasteiger partial charge in [0.1, 0.15) is 5.76 Å². The normalized spacial score (nSPS) is 25.2. The molecule has 2 atom stereocenters. The van der Waals surface area contributed by atoms with Crippen LogP contribution in [0.15, 0.2) is 16.7 Å². The highest BCUT2D eigenvalue weighted by molar-refractivity contribution is 5.12. The van der Waals surface area contributed by atoms with Crippen LogP contribution in [-0.2, 0) is 13.1 Å². The third-order valence-corrected chi connectivity index (χ3v) is 4.28. The standard InChI is InChI=1S/C16H29N3O/c1-5-6-17-8-15-7-16(20-12-15)11-19-9-13(2)18(4)14(3)10-19/h7,12-14,17H,5-6,8-11H2,1-4H3. The zero-order valence-electron chi connectivity index (χ0n) is 13.4. The molecule has 20 heavy (non-hydrogen) atoms. The molecule has 1 aliphatic heterocycles. The Bertz CT molecular complexity index is 392. The summed E-state index contributed by atoms with van der Waals surface area (Å²) in [6.45, 7) is 11.9. The van der Waals surface area contributed by atoms with Crippen molar-refractivity contribution in [3.05, 3.63) is 23.7 Å². The first-order valence-electron chi connectivity index (χ1n) is 7.81. The molecular formula is C16H29N3O. The van der Waals surface area contributed by atoms with Gasteiger partial charge in [-0.2, -0.15) is 0 Å². The van der Waals surface area contributed by atoms with Gasteiger partial charge < -0.3 is 9.73 Å². The molecule has 0 saturated carbocycles. The Morgan fingerprint density at radius 3 is 2.65 bits per heavy atom. The molecule has 0 aromatic carbocycles. The molecule has 4 heteroatoms. The van der Waals surface area contributed by atoms with Crippen molar-refractivity contribution >= 4 is 0 Å². The van der Waals surface area contributed by atoms with E-state index in [0.717, 1.165) is 38.5 Å². The van der Waals surface area contributed by atoms with Gasteiger partial charge in [0.15, 0.2) is 0 Å². The van der Waals surface area contributed by atoms with E-state index in [-0.39, 0.29) is 0 Å². The summed E-state index contributed by atoms with van der Waals surface area (Å²) >= 11 is 0. The Balaban J connectivity index is 1.84. The Morgan fingerprint density at radius 1 is 1.30 bits per heavy atom. The van der Waals surface area contributed by atoms with Crippen molar-refractivity contribution < 1.29 is 4.42 Å². The largest absolute Gasteiger partial charge is 0.468 e. The summed E-state index contributed by atoms with van der Waals surface area (Å²) in [6, 6.07) is 3.41. The van der Waals surface area contributed by atoms with E-state index in [1.165, 1.54) is 12.0 Å². The van der Waals surface area contributed by atoms with E-state index in [1.807, 2.05) is 6.26 Å². The number of likely N-dealkylation sites (N-methyl/N-ethyl adjacent to an activating group) is 1. The zero-order valence-corrected chi connectivity index (χ0v) is 13.4. The first kappa shape index (κ1) is 15.5.